The van der Waals surface area contributed by atoms with E-state index in [4.69, 9.17) is 0 Å². The molecule has 0 radical (unpaired) electrons. The van der Waals surface area contributed by atoms with E-state index in [9.17, 15) is 18.0 Å². The SMILES string of the molecule is O=C(CS(=O)(=O)c1ccccc1)NC1=NN(c2ccccc2)C(=O)C1. The highest BCUT2D eigenvalue weighted by atomic mass is 32.2. The normalized spacial score (nSPS) is 14.3. The lowest BCUT2D eigenvalue weighted by molar-refractivity contribution is -0.117. The van der Waals surface area contributed by atoms with Gasteiger partial charge in [0.1, 0.15) is 11.6 Å². The Kier molecular flexibility index (Phi) is 4.62. The van der Waals surface area contributed by atoms with Gasteiger partial charge in [-0.15, -0.1) is 0 Å². The zero-order valence-corrected chi connectivity index (χ0v) is 13.9. The summed E-state index contributed by atoms with van der Waals surface area (Å²) in [6.07, 6.45) is -0.0913. The van der Waals surface area contributed by atoms with Crippen LogP contribution in [0.25, 0.3) is 0 Å². The van der Waals surface area contributed by atoms with E-state index in [-0.39, 0.29) is 23.1 Å². The maximum Gasteiger partial charge on any atom is 0.255 e. The molecule has 0 unspecified atom stereocenters. The first kappa shape index (κ1) is 16.8. The number of hydrogen-bond acceptors (Lipinski definition) is 5. The van der Waals surface area contributed by atoms with Crippen LogP contribution in [-0.4, -0.2) is 31.8 Å². The number of rotatable bonds is 4. The third kappa shape index (κ3) is 3.92. The van der Waals surface area contributed by atoms with Gasteiger partial charge in [-0.25, -0.2) is 8.42 Å². The van der Waals surface area contributed by atoms with E-state index >= 15 is 0 Å². The lowest BCUT2D eigenvalue weighted by atomic mass is 10.3. The Bertz CT molecular complexity index is 925. The molecule has 8 heteroatoms. The number of amidine groups is 1. The molecule has 2 aromatic carbocycles. The molecule has 0 bridgehead atoms. The largest absolute Gasteiger partial charge is 0.311 e. The molecule has 128 valence electrons. The van der Waals surface area contributed by atoms with Crippen LogP contribution in [0, 0.1) is 0 Å². The van der Waals surface area contributed by atoms with Gasteiger partial charge < -0.3 is 5.32 Å². The second-order valence-corrected chi connectivity index (χ2v) is 7.37. The maximum atomic E-state index is 12.2. The molecule has 25 heavy (non-hydrogen) atoms. The number of sulfone groups is 1. The number of hydrazone groups is 1. The van der Waals surface area contributed by atoms with Gasteiger partial charge in [0.2, 0.25) is 5.91 Å². The van der Waals surface area contributed by atoms with Crippen LogP contribution in [0.2, 0.25) is 0 Å². The molecular formula is C17H15N3O4S. The molecule has 7 nitrogen and oxygen atoms in total. The quantitative estimate of drug-likeness (QED) is 0.893. The zero-order valence-electron chi connectivity index (χ0n) is 13.1. The van der Waals surface area contributed by atoms with Crippen molar-refractivity contribution in [3.63, 3.8) is 0 Å². The molecule has 0 spiro atoms. The van der Waals surface area contributed by atoms with Crippen molar-refractivity contribution in [3.05, 3.63) is 60.7 Å². The molecule has 0 saturated carbocycles. The van der Waals surface area contributed by atoms with Crippen molar-refractivity contribution in [1.29, 1.82) is 0 Å². The van der Waals surface area contributed by atoms with Crippen LogP contribution in [0.15, 0.2) is 70.7 Å². The number of nitrogens with zero attached hydrogens (tertiary/aromatic N) is 2. The van der Waals surface area contributed by atoms with E-state index in [1.807, 2.05) is 6.07 Å². The first-order chi connectivity index (χ1) is 12.0. The van der Waals surface area contributed by atoms with E-state index in [1.165, 1.54) is 17.1 Å². The minimum Gasteiger partial charge on any atom is -0.311 e. The molecule has 1 N–H and O–H groups in total. The van der Waals surface area contributed by atoms with Crippen molar-refractivity contribution >= 4 is 33.2 Å². The second kappa shape index (κ2) is 6.86. The van der Waals surface area contributed by atoms with Crippen molar-refractivity contribution in [1.82, 2.24) is 5.32 Å². The van der Waals surface area contributed by atoms with E-state index in [2.05, 4.69) is 10.4 Å². The maximum absolute atomic E-state index is 12.2. The second-order valence-electron chi connectivity index (χ2n) is 5.38. The Morgan fingerprint density at radius 3 is 2.28 bits per heavy atom. The van der Waals surface area contributed by atoms with Gasteiger partial charge in [0, 0.05) is 0 Å². The van der Waals surface area contributed by atoms with E-state index in [0.29, 0.717) is 5.69 Å². The Morgan fingerprint density at radius 2 is 1.64 bits per heavy atom. The summed E-state index contributed by atoms with van der Waals surface area (Å²) in [4.78, 5) is 24.1. The number of anilines is 1. The average Bonchev–Trinajstić information content (AvgIpc) is 2.96. The number of carbonyl (C=O) groups excluding carboxylic acids is 2. The zero-order chi connectivity index (χ0) is 17.9. The predicted octanol–water partition coefficient (Wildman–Crippen LogP) is 1.33. The highest BCUT2D eigenvalue weighted by molar-refractivity contribution is 7.92. The van der Waals surface area contributed by atoms with Gasteiger partial charge in [0.05, 0.1) is 17.0 Å². The van der Waals surface area contributed by atoms with Crippen molar-refractivity contribution in [2.75, 3.05) is 10.8 Å². The van der Waals surface area contributed by atoms with Crippen LogP contribution in [0.3, 0.4) is 0 Å². The van der Waals surface area contributed by atoms with Crippen molar-refractivity contribution in [2.45, 2.75) is 11.3 Å². The number of carbonyl (C=O) groups is 2. The summed E-state index contributed by atoms with van der Waals surface area (Å²) in [5.74, 6) is -1.62. The summed E-state index contributed by atoms with van der Waals surface area (Å²) in [6.45, 7) is 0. The fourth-order valence-electron chi connectivity index (χ4n) is 2.35. The molecule has 1 aliphatic rings. The van der Waals surface area contributed by atoms with Gasteiger partial charge in [0.15, 0.2) is 9.84 Å². The topological polar surface area (TPSA) is 95.9 Å². The summed E-state index contributed by atoms with van der Waals surface area (Å²) in [5.41, 5.74) is 0.577. The first-order valence-corrected chi connectivity index (χ1v) is 9.14. The predicted molar refractivity (Wildman–Crippen MR) is 92.6 cm³/mol. The number of nitrogens with one attached hydrogen (secondary N) is 1. The van der Waals surface area contributed by atoms with Gasteiger partial charge >= 0.3 is 0 Å². The van der Waals surface area contributed by atoms with Crippen LogP contribution in [0.1, 0.15) is 6.42 Å². The van der Waals surface area contributed by atoms with Gasteiger partial charge in [-0.3, -0.25) is 9.59 Å². The smallest absolute Gasteiger partial charge is 0.255 e. The Labute approximate surface area is 144 Å². The van der Waals surface area contributed by atoms with Crippen molar-refractivity contribution in [2.24, 2.45) is 5.10 Å². The van der Waals surface area contributed by atoms with Crippen LogP contribution in [0.5, 0.6) is 0 Å². The Hall–Kier alpha value is -3.00. The lowest BCUT2D eigenvalue weighted by Gasteiger charge is -2.10. The Morgan fingerprint density at radius 1 is 1.04 bits per heavy atom. The molecule has 0 atom stereocenters. The van der Waals surface area contributed by atoms with Crippen LogP contribution < -0.4 is 10.3 Å². The molecule has 2 aromatic rings. The minimum absolute atomic E-state index is 0.0699. The highest BCUT2D eigenvalue weighted by Gasteiger charge is 2.27. The summed E-state index contributed by atoms with van der Waals surface area (Å²) >= 11 is 0. The summed E-state index contributed by atoms with van der Waals surface area (Å²) < 4.78 is 24.4. The molecular weight excluding hydrogens is 342 g/mol. The number of para-hydroxylation sites is 1. The molecule has 3 rings (SSSR count). The third-order valence-corrected chi connectivity index (χ3v) is 5.12. The molecule has 2 amide bonds. The van der Waals surface area contributed by atoms with Crippen LogP contribution >= 0.6 is 0 Å². The van der Waals surface area contributed by atoms with Crippen LogP contribution in [0.4, 0.5) is 5.69 Å². The van der Waals surface area contributed by atoms with E-state index in [0.717, 1.165) is 0 Å². The number of amides is 2. The molecule has 0 saturated heterocycles. The number of benzene rings is 2. The third-order valence-electron chi connectivity index (χ3n) is 3.48. The first-order valence-electron chi connectivity index (χ1n) is 7.49. The van der Waals surface area contributed by atoms with Gasteiger partial charge in [0.25, 0.3) is 5.91 Å². The molecule has 0 fully saturated rings. The monoisotopic (exact) mass is 357 g/mol. The highest BCUT2D eigenvalue weighted by Crippen LogP contribution is 2.19. The average molecular weight is 357 g/mol. The van der Waals surface area contributed by atoms with E-state index in [1.54, 1.807) is 42.5 Å². The van der Waals surface area contributed by atoms with Crippen LogP contribution in [-0.2, 0) is 19.4 Å². The molecule has 1 heterocycles. The van der Waals surface area contributed by atoms with E-state index < -0.39 is 21.5 Å². The van der Waals surface area contributed by atoms with Crippen molar-refractivity contribution in [3.8, 4) is 0 Å². The number of hydrogen-bond donors (Lipinski definition) is 1. The Balaban J connectivity index is 1.69. The molecule has 1 aliphatic heterocycles. The summed E-state index contributed by atoms with van der Waals surface area (Å²) in [6, 6.07) is 16.5. The standard InChI is InChI=1S/C17H15N3O4S/c21-16(12-25(23,24)14-9-5-2-6-10-14)18-15-11-17(22)20(19-15)13-7-3-1-4-8-13/h1-10H,11-12H2,(H,18,19,21). The summed E-state index contributed by atoms with van der Waals surface area (Å²) in [5, 5.41) is 7.64. The fraction of sp³-hybridized carbons (Fsp3) is 0.118. The van der Waals surface area contributed by atoms with Gasteiger partial charge in [-0.1, -0.05) is 36.4 Å². The fourth-order valence-corrected chi connectivity index (χ4v) is 3.51. The summed E-state index contributed by atoms with van der Waals surface area (Å²) in [7, 11) is -3.75. The van der Waals surface area contributed by atoms with Crippen molar-refractivity contribution < 1.29 is 18.0 Å². The molecule has 0 aromatic heterocycles. The minimum atomic E-state index is -3.75. The van der Waals surface area contributed by atoms with Gasteiger partial charge in [-0.2, -0.15) is 10.1 Å². The lowest BCUT2D eigenvalue weighted by Crippen LogP contribution is -2.34. The van der Waals surface area contributed by atoms with Gasteiger partial charge in [-0.05, 0) is 24.3 Å². The molecule has 0 aliphatic carbocycles.